The first-order valence-corrected chi connectivity index (χ1v) is 35.2. The van der Waals surface area contributed by atoms with Gasteiger partial charge in [0.1, 0.15) is 13.2 Å². The molecule has 0 spiro atoms. The van der Waals surface area contributed by atoms with Crippen molar-refractivity contribution < 1.29 is 28.6 Å². The smallest absolute Gasteiger partial charge is 0.306 e. The molecule has 1 unspecified atom stereocenters. The number of carbonyl (C=O) groups is 3. The van der Waals surface area contributed by atoms with Gasteiger partial charge in [-0.25, -0.2) is 0 Å². The molecule has 82 heavy (non-hydrogen) atoms. The number of allylic oxidation sites excluding steroid dienone is 16. The molecule has 0 aromatic carbocycles. The van der Waals surface area contributed by atoms with E-state index in [0.717, 1.165) is 116 Å². The van der Waals surface area contributed by atoms with Crippen LogP contribution in [0, 0.1) is 0 Å². The zero-order chi connectivity index (χ0) is 59.2. The van der Waals surface area contributed by atoms with Gasteiger partial charge in [0, 0.05) is 19.3 Å². The number of unbranched alkanes of at least 4 members (excludes halogenated alkanes) is 37. The van der Waals surface area contributed by atoms with Gasteiger partial charge in [-0.15, -0.1) is 0 Å². The topological polar surface area (TPSA) is 78.9 Å². The van der Waals surface area contributed by atoms with E-state index in [-0.39, 0.29) is 37.5 Å². The minimum absolute atomic E-state index is 0.0976. The molecule has 0 aliphatic carbocycles. The fraction of sp³-hybridized carbons (Fsp3) is 0.750. The van der Waals surface area contributed by atoms with Crippen molar-refractivity contribution in [1.29, 1.82) is 0 Å². The fourth-order valence-corrected chi connectivity index (χ4v) is 10.1. The lowest BCUT2D eigenvalue weighted by Gasteiger charge is -2.18. The maximum absolute atomic E-state index is 12.9. The molecule has 0 saturated carbocycles. The Morgan fingerprint density at radius 2 is 0.476 bits per heavy atom. The van der Waals surface area contributed by atoms with Crippen molar-refractivity contribution in [3.63, 3.8) is 0 Å². The van der Waals surface area contributed by atoms with E-state index >= 15 is 0 Å². The molecule has 0 radical (unpaired) electrons. The van der Waals surface area contributed by atoms with Crippen molar-refractivity contribution in [2.24, 2.45) is 0 Å². The first-order valence-electron chi connectivity index (χ1n) is 35.2. The highest BCUT2D eigenvalue weighted by Crippen LogP contribution is 2.18. The third-order valence-corrected chi connectivity index (χ3v) is 15.3. The zero-order valence-electron chi connectivity index (χ0n) is 54.2. The van der Waals surface area contributed by atoms with E-state index in [1.54, 1.807) is 0 Å². The minimum atomic E-state index is -0.808. The van der Waals surface area contributed by atoms with Gasteiger partial charge in [-0.3, -0.25) is 14.4 Å². The molecule has 1 atom stereocenters. The molecule has 0 rings (SSSR count). The maximum atomic E-state index is 12.9. The quantitative estimate of drug-likeness (QED) is 0.0261. The fourth-order valence-electron chi connectivity index (χ4n) is 10.1. The van der Waals surface area contributed by atoms with E-state index < -0.39 is 6.10 Å². The molecule has 6 nitrogen and oxygen atoms in total. The van der Waals surface area contributed by atoms with Crippen LogP contribution < -0.4 is 0 Å². The minimum Gasteiger partial charge on any atom is -0.462 e. The molecule has 0 N–H and O–H groups in total. The summed E-state index contributed by atoms with van der Waals surface area (Å²) in [5.41, 5.74) is 0. The Hall–Kier alpha value is -3.67. The van der Waals surface area contributed by atoms with Crippen molar-refractivity contribution in [3.05, 3.63) is 97.2 Å². The monoisotopic (exact) mass is 1140 g/mol. The lowest BCUT2D eigenvalue weighted by molar-refractivity contribution is -0.167. The summed E-state index contributed by atoms with van der Waals surface area (Å²) in [6.45, 7) is 6.50. The van der Waals surface area contributed by atoms with Gasteiger partial charge in [0.15, 0.2) is 6.10 Å². The number of esters is 3. The van der Waals surface area contributed by atoms with Crippen LogP contribution in [0.1, 0.15) is 348 Å². The van der Waals surface area contributed by atoms with Gasteiger partial charge in [0.25, 0.3) is 0 Å². The van der Waals surface area contributed by atoms with E-state index in [4.69, 9.17) is 14.2 Å². The SMILES string of the molecule is CC/C=C\C/C=C\C/C=C\C/C=C\C/C=C\C/C=C\CCCCC(=O)OC(COC(=O)CCCCCCC/C=C\C/C=C\CCCCC)COC(=O)CCCCCCCCCCCCCCCCCCCCCCCCCCCCCC. The first-order chi connectivity index (χ1) is 40.5. The molecular formula is C76H132O6. The molecule has 472 valence electrons. The molecule has 0 bridgehead atoms. The number of rotatable bonds is 64. The summed E-state index contributed by atoms with van der Waals surface area (Å²) < 4.78 is 16.9. The second-order valence-corrected chi connectivity index (χ2v) is 23.4. The Labute approximate surface area is 508 Å². The van der Waals surface area contributed by atoms with Gasteiger partial charge in [0.05, 0.1) is 0 Å². The van der Waals surface area contributed by atoms with Gasteiger partial charge < -0.3 is 14.2 Å². The van der Waals surface area contributed by atoms with Gasteiger partial charge in [-0.05, 0) is 103 Å². The lowest BCUT2D eigenvalue weighted by atomic mass is 10.0. The van der Waals surface area contributed by atoms with Crippen molar-refractivity contribution >= 4 is 17.9 Å². The predicted molar refractivity (Wildman–Crippen MR) is 357 cm³/mol. The predicted octanol–water partition coefficient (Wildman–Crippen LogP) is 24.4. The summed E-state index contributed by atoms with van der Waals surface area (Å²) in [6.07, 6.45) is 94.4. The molecule has 0 aromatic heterocycles. The maximum Gasteiger partial charge on any atom is 0.306 e. The summed E-state index contributed by atoms with van der Waals surface area (Å²) in [7, 11) is 0. The number of hydrogen-bond acceptors (Lipinski definition) is 6. The van der Waals surface area contributed by atoms with E-state index in [2.05, 4.69) is 118 Å². The largest absolute Gasteiger partial charge is 0.462 e. The summed E-state index contributed by atoms with van der Waals surface area (Å²) >= 11 is 0. The van der Waals surface area contributed by atoms with Crippen molar-refractivity contribution in [1.82, 2.24) is 0 Å². The van der Waals surface area contributed by atoms with Crippen LogP contribution in [-0.2, 0) is 28.6 Å². The average Bonchev–Trinajstić information content (AvgIpc) is 3.47. The highest BCUT2D eigenvalue weighted by molar-refractivity contribution is 5.71. The Morgan fingerprint density at radius 1 is 0.256 bits per heavy atom. The summed E-state index contributed by atoms with van der Waals surface area (Å²) in [5, 5.41) is 0. The summed E-state index contributed by atoms with van der Waals surface area (Å²) in [5.74, 6) is -0.941. The number of hydrogen-bond donors (Lipinski definition) is 0. The molecule has 0 saturated heterocycles. The van der Waals surface area contributed by atoms with Crippen molar-refractivity contribution in [3.8, 4) is 0 Å². The van der Waals surface area contributed by atoms with Crippen LogP contribution >= 0.6 is 0 Å². The van der Waals surface area contributed by atoms with E-state index in [0.29, 0.717) is 19.3 Å². The van der Waals surface area contributed by atoms with Crippen molar-refractivity contribution in [2.45, 2.75) is 354 Å². The second-order valence-electron chi connectivity index (χ2n) is 23.4. The highest BCUT2D eigenvalue weighted by Gasteiger charge is 2.19. The van der Waals surface area contributed by atoms with Crippen LogP contribution in [-0.4, -0.2) is 37.2 Å². The van der Waals surface area contributed by atoms with Crippen LogP contribution in [0.2, 0.25) is 0 Å². The molecule has 0 heterocycles. The van der Waals surface area contributed by atoms with E-state index in [1.165, 1.54) is 186 Å². The Kier molecular flexibility index (Phi) is 66.7. The molecule has 0 aromatic rings. The van der Waals surface area contributed by atoms with Crippen LogP contribution in [0.4, 0.5) is 0 Å². The van der Waals surface area contributed by atoms with Crippen LogP contribution in [0.5, 0.6) is 0 Å². The third-order valence-electron chi connectivity index (χ3n) is 15.3. The summed E-state index contributed by atoms with van der Waals surface area (Å²) in [4.78, 5) is 38.4. The standard InChI is InChI=1S/C76H132O6/c1-4-7-10-13-16-19-22-25-28-30-32-34-35-36-37-38-39-40-42-43-45-48-51-54-57-60-63-66-69-75(78)81-72-73(71-80-74(77)68-65-62-59-56-53-50-47-27-24-21-18-15-12-9-6-3)82-76(79)70-67-64-61-58-55-52-49-46-44-41-33-31-29-26-23-20-17-14-11-8-5-2/h8,11,17-18,20-21,26-27,29,33,41,46-47,49,55,58,73H,4-7,9-10,12-16,19,22-25,28,30-32,34-40,42-45,48,50-54,56-57,59-72H2,1-3H3/b11-8-,20-17-,21-18-,29-26-,41-33-,47-27-,49-46-,58-55-. The molecular weight excluding hydrogens is 1010 g/mol. The van der Waals surface area contributed by atoms with Crippen LogP contribution in [0.25, 0.3) is 0 Å². The second kappa shape index (κ2) is 69.8. The van der Waals surface area contributed by atoms with Gasteiger partial charge in [0.2, 0.25) is 0 Å². The van der Waals surface area contributed by atoms with E-state index in [1.807, 2.05) is 0 Å². The first kappa shape index (κ1) is 78.3. The van der Waals surface area contributed by atoms with Gasteiger partial charge >= 0.3 is 17.9 Å². The number of ether oxygens (including phenoxy) is 3. The molecule has 0 amide bonds. The molecule has 0 fully saturated rings. The highest BCUT2D eigenvalue weighted by atomic mass is 16.6. The Bertz CT molecular complexity index is 1590. The average molecular weight is 1140 g/mol. The normalized spacial score (nSPS) is 12.7. The zero-order valence-corrected chi connectivity index (χ0v) is 54.2. The molecule has 0 aliphatic rings. The number of carbonyl (C=O) groups excluding carboxylic acids is 3. The van der Waals surface area contributed by atoms with Crippen molar-refractivity contribution in [2.75, 3.05) is 13.2 Å². The lowest BCUT2D eigenvalue weighted by Crippen LogP contribution is -2.30. The van der Waals surface area contributed by atoms with Crippen LogP contribution in [0.3, 0.4) is 0 Å². The summed E-state index contributed by atoms with van der Waals surface area (Å²) in [6, 6.07) is 0. The van der Waals surface area contributed by atoms with Gasteiger partial charge in [-0.1, -0.05) is 323 Å². The molecule has 6 heteroatoms. The molecule has 0 aliphatic heterocycles. The third kappa shape index (κ3) is 67.1. The Morgan fingerprint density at radius 3 is 0.793 bits per heavy atom. The van der Waals surface area contributed by atoms with E-state index in [9.17, 15) is 14.4 Å². The van der Waals surface area contributed by atoms with Crippen LogP contribution in [0.15, 0.2) is 97.2 Å². The Balaban J connectivity index is 4.34. The van der Waals surface area contributed by atoms with Gasteiger partial charge in [-0.2, -0.15) is 0 Å².